The molecule has 16 heavy (non-hydrogen) atoms. The maximum absolute atomic E-state index is 12.1. The third-order valence-electron chi connectivity index (χ3n) is 2.52. The molecule has 0 aliphatic heterocycles. The Morgan fingerprint density at radius 1 is 1.44 bits per heavy atom. The number of nitrogens with two attached hydrogens (primary N) is 1. The molecule has 0 aliphatic rings. The van der Waals surface area contributed by atoms with Crippen molar-refractivity contribution in [2.75, 3.05) is 19.5 Å². The minimum absolute atomic E-state index is 0.162. The Hall–Kier alpha value is -1.07. The highest BCUT2D eigenvalue weighted by Crippen LogP contribution is 2.25. The monoisotopic (exact) mass is 243 g/mol. The van der Waals surface area contributed by atoms with Crippen LogP contribution in [0.3, 0.4) is 0 Å². The summed E-state index contributed by atoms with van der Waals surface area (Å²) < 4.78 is 29.1. The lowest BCUT2D eigenvalue weighted by atomic mass is 10.2. The fourth-order valence-electron chi connectivity index (χ4n) is 1.44. The second kappa shape index (κ2) is 4.84. The molecule has 90 valence electrons. The lowest BCUT2D eigenvalue weighted by molar-refractivity contribution is 0.200. The molecule has 1 atom stereocenters. The van der Waals surface area contributed by atoms with Gasteiger partial charge in [0.15, 0.2) is 9.84 Å². The van der Waals surface area contributed by atoms with E-state index in [1.807, 2.05) is 0 Å². The number of nitrogen functional groups attached to an aromatic ring is 1. The normalized spacial score (nSPS) is 13.7. The van der Waals surface area contributed by atoms with Crippen LogP contribution in [0, 0.1) is 6.92 Å². The topological polar surface area (TPSA) is 69.4 Å². The number of hydrogen-bond acceptors (Lipinski definition) is 4. The maximum Gasteiger partial charge on any atom is 0.185 e. The summed E-state index contributed by atoms with van der Waals surface area (Å²) in [5.41, 5.74) is 6.88. The lowest BCUT2D eigenvalue weighted by Crippen LogP contribution is -2.24. The van der Waals surface area contributed by atoms with Crippen molar-refractivity contribution in [3.63, 3.8) is 0 Å². The van der Waals surface area contributed by atoms with Gasteiger partial charge in [-0.2, -0.15) is 0 Å². The van der Waals surface area contributed by atoms with E-state index >= 15 is 0 Å². The highest BCUT2D eigenvalue weighted by Gasteiger charge is 2.25. The smallest absolute Gasteiger partial charge is 0.185 e. The van der Waals surface area contributed by atoms with Crippen molar-refractivity contribution < 1.29 is 13.2 Å². The van der Waals surface area contributed by atoms with Gasteiger partial charge in [-0.05, 0) is 25.5 Å². The van der Waals surface area contributed by atoms with E-state index in [0.29, 0.717) is 5.69 Å². The highest BCUT2D eigenvalue weighted by molar-refractivity contribution is 7.92. The van der Waals surface area contributed by atoms with Crippen LogP contribution in [-0.4, -0.2) is 27.4 Å². The van der Waals surface area contributed by atoms with Gasteiger partial charge in [0.25, 0.3) is 0 Å². The largest absolute Gasteiger partial charge is 0.397 e. The zero-order chi connectivity index (χ0) is 12.3. The molecule has 1 unspecified atom stereocenters. The quantitative estimate of drug-likeness (QED) is 0.811. The second-order valence-electron chi connectivity index (χ2n) is 3.80. The molecule has 0 amide bonds. The Morgan fingerprint density at radius 3 is 2.62 bits per heavy atom. The van der Waals surface area contributed by atoms with Crippen molar-refractivity contribution in [3.8, 4) is 0 Å². The second-order valence-corrected chi connectivity index (χ2v) is 6.13. The van der Waals surface area contributed by atoms with E-state index in [4.69, 9.17) is 10.5 Å². The summed E-state index contributed by atoms with van der Waals surface area (Å²) in [6, 6.07) is 5.01. The van der Waals surface area contributed by atoms with Gasteiger partial charge in [-0.15, -0.1) is 0 Å². The van der Waals surface area contributed by atoms with Crippen LogP contribution in [0.15, 0.2) is 23.1 Å². The van der Waals surface area contributed by atoms with Crippen LogP contribution in [0.25, 0.3) is 0 Å². The third-order valence-corrected chi connectivity index (χ3v) is 4.69. The Kier molecular flexibility index (Phi) is 3.93. The van der Waals surface area contributed by atoms with Crippen LogP contribution >= 0.6 is 0 Å². The predicted molar refractivity (Wildman–Crippen MR) is 64.1 cm³/mol. The summed E-state index contributed by atoms with van der Waals surface area (Å²) in [4.78, 5) is 0.192. The van der Waals surface area contributed by atoms with Gasteiger partial charge < -0.3 is 10.5 Å². The van der Waals surface area contributed by atoms with Gasteiger partial charge in [0, 0.05) is 7.11 Å². The molecule has 2 N–H and O–H groups in total. The van der Waals surface area contributed by atoms with Crippen LogP contribution in [0.4, 0.5) is 5.69 Å². The number of rotatable bonds is 4. The number of methoxy groups -OCH3 is 1. The summed E-state index contributed by atoms with van der Waals surface area (Å²) in [6.45, 7) is 3.56. The average molecular weight is 243 g/mol. The van der Waals surface area contributed by atoms with Crippen molar-refractivity contribution in [2.24, 2.45) is 0 Å². The Bertz CT molecular complexity index is 468. The van der Waals surface area contributed by atoms with Gasteiger partial charge in [0.05, 0.1) is 22.4 Å². The highest BCUT2D eigenvalue weighted by atomic mass is 32.2. The Balaban J connectivity index is 3.22. The molecule has 4 nitrogen and oxygen atoms in total. The molecule has 0 saturated heterocycles. The predicted octanol–water partition coefficient (Wildman–Crippen LogP) is 1.39. The first-order valence-electron chi connectivity index (χ1n) is 4.99. The summed E-state index contributed by atoms with van der Waals surface area (Å²) in [6.07, 6.45) is 0. The minimum atomic E-state index is -3.40. The SMILES string of the molecule is COCC(C)S(=O)(=O)c1cccc(C)c1N. The van der Waals surface area contributed by atoms with E-state index < -0.39 is 15.1 Å². The molecule has 0 bridgehead atoms. The van der Waals surface area contributed by atoms with E-state index in [2.05, 4.69) is 0 Å². The first-order valence-corrected chi connectivity index (χ1v) is 6.53. The third kappa shape index (κ3) is 2.36. The summed E-state index contributed by atoms with van der Waals surface area (Å²) in [5, 5.41) is -0.596. The zero-order valence-corrected chi connectivity index (χ0v) is 10.5. The lowest BCUT2D eigenvalue weighted by Gasteiger charge is -2.14. The zero-order valence-electron chi connectivity index (χ0n) is 9.73. The number of aryl methyl sites for hydroxylation is 1. The van der Waals surface area contributed by atoms with Crippen molar-refractivity contribution in [1.29, 1.82) is 0 Å². The Labute approximate surface area is 96.3 Å². The number of benzene rings is 1. The molecule has 1 aromatic rings. The van der Waals surface area contributed by atoms with Crippen LogP contribution in [0.1, 0.15) is 12.5 Å². The molecule has 0 aliphatic carbocycles. The van der Waals surface area contributed by atoms with Crippen LogP contribution in [0.5, 0.6) is 0 Å². The number of sulfone groups is 1. The van der Waals surface area contributed by atoms with Crippen LogP contribution < -0.4 is 5.73 Å². The summed E-state index contributed by atoms with van der Waals surface area (Å²) in [5.74, 6) is 0. The number of ether oxygens (including phenoxy) is 1. The number of hydrogen-bond donors (Lipinski definition) is 1. The molecule has 0 heterocycles. The first-order chi connectivity index (χ1) is 7.41. The maximum atomic E-state index is 12.1. The average Bonchev–Trinajstić information content (AvgIpc) is 2.22. The fourth-order valence-corrected chi connectivity index (χ4v) is 2.93. The van der Waals surface area contributed by atoms with E-state index in [1.165, 1.54) is 13.2 Å². The van der Waals surface area contributed by atoms with Gasteiger partial charge in [-0.1, -0.05) is 12.1 Å². The first kappa shape index (κ1) is 13.0. The van der Waals surface area contributed by atoms with E-state index in [0.717, 1.165) is 5.56 Å². The van der Waals surface area contributed by atoms with Gasteiger partial charge >= 0.3 is 0 Å². The summed E-state index contributed by atoms with van der Waals surface area (Å²) in [7, 11) is -1.93. The molecule has 0 radical (unpaired) electrons. The molecule has 1 rings (SSSR count). The van der Waals surface area contributed by atoms with Crippen molar-refractivity contribution in [2.45, 2.75) is 24.0 Å². The van der Waals surface area contributed by atoms with Crippen molar-refractivity contribution in [1.82, 2.24) is 0 Å². The fraction of sp³-hybridized carbons (Fsp3) is 0.455. The number of para-hydroxylation sites is 1. The van der Waals surface area contributed by atoms with Crippen molar-refractivity contribution >= 4 is 15.5 Å². The molecule has 5 heteroatoms. The molecule has 0 aromatic heterocycles. The van der Waals surface area contributed by atoms with Gasteiger partial charge in [0.1, 0.15) is 0 Å². The van der Waals surface area contributed by atoms with Gasteiger partial charge in [-0.3, -0.25) is 0 Å². The molecule has 1 aromatic carbocycles. The minimum Gasteiger partial charge on any atom is -0.397 e. The van der Waals surface area contributed by atoms with Crippen molar-refractivity contribution in [3.05, 3.63) is 23.8 Å². The van der Waals surface area contributed by atoms with E-state index in [-0.39, 0.29) is 11.5 Å². The van der Waals surface area contributed by atoms with E-state index in [9.17, 15) is 8.42 Å². The van der Waals surface area contributed by atoms with Crippen LogP contribution in [-0.2, 0) is 14.6 Å². The van der Waals surface area contributed by atoms with Gasteiger partial charge in [0.2, 0.25) is 0 Å². The molecule has 0 spiro atoms. The van der Waals surface area contributed by atoms with Gasteiger partial charge in [-0.25, -0.2) is 8.42 Å². The van der Waals surface area contributed by atoms with E-state index in [1.54, 1.807) is 26.0 Å². The molecular formula is C11H17NO3S. The molecular weight excluding hydrogens is 226 g/mol. The Morgan fingerprint density at radius 2 is 2.06 bits per heavy atom. The molecule has 0 saturated carbocycles. The number of anilines is 1. The molecule has 0 fully saturated rings. The summed E-state index contributed by atoms with van der Waals surface area (Å²) >= 11 is 0. The van der Waals surface area contributed by atoms with Crippen LogP contribution in [0.2, 0.25) is 0 Å². The standard InChI is InChI=1S/C11H17NO3S/c1-8-5-4-6-10(11(8)12)16(13,14)9(2)7-15-3/h4-6,9H,7,12H2,1-3H3.